The highest BCUT2D eigenvalue weighted by atomic mass is 16.5. The summed E-state index contributed by atoms with van der Waals surface area (Å²) in [7, 11) is 5.07. The summed E-state index contributed by atoms with van der Waals surface area (Å²) in [6.45, 7) is 12.2. The number of hydrogen-bond donors (Lipinski definition) is 1. The third kappa shape index (κ3) is 7.57. The third-order valence-electron chi connectivity index (χ3n) is 7.38. The molecule has 2 aliphatic rings. The third-order valence-corrected chi connectivity index (χ3v) is 7.38. The number of aliphatic imine (C=N–C) groups is 1. The number of amidine groups is 1. The SMILES string of the molecule is CC.CCCC.COc1c(C)cc(CCc2ccc(C3=Cc4ccccc4C4=NCCN34)cc2)cc1N(C)N(C)O. The summed E-state index contributed by atoms with van der Waals surface area (Å²) in [6.07, 6.45) is 6.76. The maximum absolute atomic E-state index is 9.92. The van der Waals surface area contributed by atoms with Crippen molar-refractivity contribution in [3.63, 3.8) is 0 Å². The second-order valence-corrected chi connectivity index (χ2v) is 10.1. The van der Waals surface area contributed by atoms with Gasteiger partial charge in [0.25, 0.3) is 0 Å². The topological polar surface area (TPSA) is 51.5 Å². The fraction of sp³-hybridized carbons (Fsp3) is 0.400. The molecule has 1 N–H and O–H groups in total. The molecular weight excluding hydrogens is 508 g/mol. The lowest BCUT2D eigenvalue weighted by molar-refractivity contribution is -0.0716. The van der Waals surface area contributed by atoms with Gasteiger partial charge in [-0.1, -0.05) is 95.1 Å². The van der Waals surface area contributed by atoms with Gasteiger partial charge in [0.2, 0.25) is 0 Å². The number of benzene rings is 3. The van der Waals surface area contributed by atoms with E-state index in [0.717, 1.165) is 53.9 Å². The van der Waals surface area contributed by atoms with Crippen LogP contribution >= 0.6 is 0 Å². The Morgan fingerprint density at radius 1 is 0.927 bits per heavy atom. The van der Waals surface area contributed by atoms with Gasteiger partial charge in [0.1, 0.15) is 11.6 Å². The van der Waals surface area contributed by atoms with Crippen LogP contribution in [0.5, 0.6) is 5.75 Å². The van der Waals surface area contributed by atoms with Crippen molar-refractivity contribution in [3.05, 3.63) is 94.0 Å². The van der Waals surface area contributed by atoms with Gasteiger partial charge in [-0.3, -0.25) is 15.2 Å². The number of hydroxylamine groups is 1. The standard InChI is InChI=1S/C29H32N4O2.C4H10.C2H6/c1-20-17-22(18-27(28(20)35-4)31(2)32(3)34)10-9-21-11-13-23(14-12-21)26-19-24-7-5-6-8-25(24)29-30-15-16-33(26)29;1-3-4-2;1-2/h5-8,11-14,17-19,34H,9-10,15-16H2,1-4H3;3-4H2,1-2H3;1-2H3. The van der Waals surface area contributed by atoms with E-state index in [0.29, 0.717) is 0 Å². The predicted molar refractivity (Wildman–Crippen MR) is 174 cm³/mol. The van der Waals surface area contributed by atoms with Crippen molar-refractivity contribution in [1.29, 1.82) is 0 Å². The number of rotatable bonds is 8. The molecule has 0 saturated heterocycles. The van der Waals surface area contributed by atoms with Gasteiger partial charge in [-0.2, -0.15) is 0 Å². The molecule has 0 bridgehead atoms. The molecule has 6 heteroatoms. The molecule has 5 rings (SSSR count). The summed E-state index contributed by atoms with van der Waals surface area (Å²) in [5.74, 6) is 1.86. The zero-order chi connectivity index (χ0) is 29.9. The fourth-order valence-electron chi connectivity index (χ4n) is 4.97. The average Bonchev–Trinajstić information content (AvgIpc) is 3.51. The van der Waals surface area contributed by atoms with Gasteiger partial charge in [-0.15, -0.1) is 5.17 Å². The molecule has 0 saturated carbocycles. The minimum absolute atomic E-state index is 0.772. The van der Waals surface area contributed by atoms with Gasteiger partial charge in [-0.05, 0) is 59.7 Å². The van der Waals surface area contributed by atoms with Crippen LogP contribution in [-0.4, -0.2) is 55.4 Å². The zero-order valence-electron chi connectivity index (χ0n) is 26.2. The van der Waals surface area contributed by atoms with E-state index in [1.807, 2.05) is 27.8 Å². The van der Waals surface area contributed by atoms with Gasteiger partial charge in [0.05, 0.1) is 25.0 Å². The molecule has 3 aromatic carbocycles. The number of hydrogen-bond acceptors (Lipinski definition) is 6. The van der Waals surface area contributed by atoms with E-state index < -0.39 is 0 Å². The van der Waals surface area contributed by atoms with Crippen molar-refractivity contribution in [3.8, 4) is 5.75 Å². The number of aryl methyl sites for hydroxylation is 3. The van der Waals surface area contributed by atoms with Gasteiger partial charge in [0, 0.05) is 26.2 Å². The van der Waals surface area contributed by atoms with E-state index in [9.17, 15) is 5.21 Å². The second-order valence-electron chi connectivity index (χ2n) is 10.1. The second kappa shape index (κ2) is 15.4. The van der Waals surface area contributed by atoms with E-state index in [-0.39, 0.29) is 0 Å². The maximum atomic E-state index is 9.92. The minimum atomic E-state index is 0.772. The quantitative estimate of drug-likeness (QED) is 0.286. The van der Waals surface area contributed by atoms with Crippen molar-refractivity contribution >= 4 is 23.3 Å². The van der Waals surface area contributed by atoms with E-state index in [1.54, 1.807) is 19.2 Å². The summed E-state index contributed by atoms with van der Waals surface area (Å²) < 4.78 is 5.59. The van der Waals surface area contributed by atoms with Gasteiger partial charge in [0.15, 0.2) is 0 Å². The number of hydrazine groups is 1. The van der Waals surface area contributed by atoms with Crippen LogP contribution in [0, 0.1) is 6.92 Å². The zero-order valence-corrected chi connectivity index (χ0v) is 26.2. The summed E-state index contributed by atoms with van der Waals surface area (Å²) >= 11 is 0. The Morgan fingerprint density at radius 2 is 1.59 bits per heavy atom. The number of ether oxygens (including phenoxy) is 1. The van der Waals surface area contributed by atoms with Gasteiger partial charge < -0.3 is 9.64 Å². The predicted octanol–water partition coefficient (Wildman–Crippen LogP) is 7.87. The van der Waals surface area contributed by atoms with Crippen molar-refractivity contribution in [1.82, 2.24) is 10.1 Å². The Bertz CT molecular complexity index is 1330. The summed E-state index contributed by atoms with van der Waals surface area (Å²) in [5.41, 5.74) is 9.28. The molecule has 6 nitrogen and oxygen atoms in total. The van der Waals surface area contributed by atoms with Crippen LogP contribution in [0.4, 0.5) is 5.69 Å². The van der Waals surface area contributed by atoms with Crippen LogP contribution in [-0.2, 0) is 12.8 Å². The van der Waals surface area contributed by atoms with Crippen molar-refractivity contribution in [2.24, 2.45) is 4.99 Å². The monoisotopic (exact) mass is 556 g/mol. The summed E-state index contributed by atoms with van der Waals surface area (Å²) in [4.78, 5) is 7.12. The van der Waals surface area contributed by atoms with Gasteiger partial charge >= 0.3 is 0 Å². The number of fused-ring (bicyclic) bond motifs is 3. The number of unbranched alkanes of at least 4 members (excludes halogenated alkanes) is 1. The minimum Gasteiger partial charge on any atom is -0.494 e. The van der Waals surface area contributed by atoms with Crippen LogP contribution in [0.2, 0.25) is 0 Å². The molecule has 0 aromatic heterocycles. The van der Waals surface area contributed by atoms with Crippen LogP contribution in [0.3, 0.4) is 0 Å². The van der Waals surface area contributed by atoms with E-state index in [1.165, 1.54) is 46.4 Å². The lowest BCUT2D eigenvalue weighted by Gasteiger charge is -2.29. The highest BCUT2D eigenvalue weighted by Gasteiger charge is 2.28. The Kier molecular flexibility index (Phi) is 12.0. The van der Waals surface area contributed by atoms with Crippen molar-refractivity contribution in [2.75, 3.05) is 39.3 Å². The lowest BCUT2D eigenvalue weighted by atomic mass is 9.96. The first-order valence-electron chi connectivity index (χ1n) is 14.9. The Hall–Kier alpha value is -3.61. The summed E-state index contributed by atoms with van der Waals surface area (Å²) in [6, 6.07) is 21.7. The molecule has 41 heavy (non-hydrogen) atoms. The highest BCUT2D eigenvalue weighted by Crippen LogP contribution is 2.35. The lowest BCUT2D eigenvalue weighted by Crippen LogP contribution is -2.34. The first kappa shape index (κ1) is 31.9. The average molecular weight is 557 g/mol. The molecule has 220 valence electrons. The van der Waals surface area contributed by atoms with Crippen LogP contribution in [0.25, 0.3) is 11.8 Å². The normalized spacial score (nSPS) is 13.2. The van der Waals surface area contributed by atoms with Crippen LogP contribution < -0.4 is 9.75 Å². The smallest absolute Gasteiger partial charge is 0.146 e. The number of methoxy groups -OCH3 is 1. The van der Waals surface area contributed by atoms with Crippen molar-refractivity contribution in [2.45, 2.75) is 60.3 Å². The van der Waals surface area contributed by atoms with E-state index in [4.69, 9.17) is 9.73 Å². The molecule has 2 heterocycles. The molecule has 0 fully saturated rings. The molecule has 0 amide bonds. The Labute approximate surface area is 247 Å². The first-order valence-corrected chi connectivity index (χ1v) is 14.9. The van der Waals surface area contributed by atoms with Crippen LogP contribution in [0.1, 0.15) is 73.9 Å². The van der Waals surface area contributed by atoms with Crippen LogP contribution in [0.15, 0.2) is 65.7 Å². The van der Waals surface area contributed by atoms with E-state index >= 15 is 0 Å². The maximum Gasteiger partial charge on any atom is 0.146 e. The number of anilines is 1. The van der Waals surface area contributed by atoms with E-state index in [2.05, 4.69) is 85.5 Å². The molecule has 0 unspecified atom stereocenters. The largest absolute Gasteiger partial charge is 0.494 e. The fourth-order valence-corrected chi connectivity index (χ4v) is 4.97. The molecular formula is C35H48N4O2. The molecule has 0 radical (unpaired) electrons. The Balaban J connectivity index is 0.000000710. The highest BCUT2D eigenvalue weighted by molar-refractivity contribution is 6.12. The molecule has 3 aromatic rings. The van der Waals surface area contributed by atoms with Gasteiger partial charge in [-0.25, -0.2) is 0 Å². The summed E-state index contributed by atoms with van der Waals surface area (Å²) in [5, 5.41) is 12.7. The Morgan fingerprint density at radius 3 is 2.22 bits per heavy atom. The molecule has 0 spiro atoms. The molecule has 2 aliphatic heterocycles. The molecule has 0 atom stereocenters. The number of nitrogens with zero attached hydrogens (tertiary/aromatic N) is 4. The molecule has 0 aliphatic carbocycles. The van der Waals surface area contributed by atoms with Crippen molar-refractivity contribution < 1.29 is 9.94 Å². The first-order chi connectivity index (χ1) is 19.9.